The van der Waals surface area contributed by atoms with Crippen molar-refractivity contribution in [1.82, 2.24) is 19.9 Å². The summed E-state index contributed by atoms with van der Waals surface area (Å²) in [5, 5.41) is 7.25. The van der Waals surface area contributed by atoms with Gasteiger partial charge in [-0.15, -0.1) is 22.7 Å². The highest BCUT2D eigenvalue weighted by molar-refractivity contribution is 7.20. The van der Waals surface area contributed by atoms with Crippen molar-refractivity contribution in [3.8, 4) is 0 Å². The van der Waals surface area contributed by atoms with Crippen molar-refractivity contribution in [3.05, 3.63) is 32.8 Å². The molecule has 0 spiro atoms. The summed E-state index contributed by atoms with van der Waals surface area (Å²) >= 11 is 2.99. The van der Waals surface area contributed by atoms with Gasteiger partial charge in [0.1, 0.15) is 22.0 Å². The maximum atomic E-state index is 13.0. The van der Waals surface area contributed by atoms with Gasteiger partial charge in [0.25, 0.3) is 5.91 Å². The van der Waals surface area contributed by atoms with Crippen LogP contribution in [0.25, 0.3) is 10.2 Å². The minimum Gasteiger partial charge on any atom is -0.376 e. The first-order chi connectivity index (χ1) is 13.5. The lowest BCUT2D eigenvalue weighted by Crippen LogP contribution is -2.26. The third kappa shape index (κ3) is 3.87. The van der Waals surface area contributed by atoms with E-state index < -0.39 is 0 Å². The minimum atomic E-state index is -0.0153. The zero-order valence-corrected chi connectivity index (χ0v) is 17.8. The molecule has 28 heavy (non-hydrogen) atoms. The second-order valence-corrected chi connectivity index (χ2v) is 8.96. The van der Waals surface area contributed by atoms with Crippen LogP contribution in [0.5, 0.6) is 0 Å². The molecular formula is C19H23N5O2S2. The summed E-state index contributed by atoms with van der Waals surface area (Å²) in [6, 6.07) is 0. The molecule has 0 radical (unpaired) electrons. The van der Waals surface area contributed by atoms with Crippen LogP contribution in [0.1, 0.15) is 38.8 Å². The lowest BCUT2D eigenvalue weighted by molar-refractivity contribution is 0.0789. The predicted molar refractivity (Wildman–Crippen MR) is 112 cm³/mol. The average Bonchev–Trinajstić information content (AvgIpc) is 3.41. The Morgan fingerprint density at radius 2 is 2.25 bits per heavy atom. The van der Waals surface area contributed by atoms with Crippen molar-refractivity contribution >= 4 is 44.6 Å². The molecule has 0 bridgehead atoms. The molecule has 1 saturated heterocycles. The molecule has 0 aromatic carbocycles. The smallest absolute Gasteiger partial charge is 0.264 e. The molecule has 148 valence electrons. The van der Waals surface area contributed by atoms with Crippen LogP contribution in [0, 0.1) is 13.8 Å². The molecule has 9 heteroatoms. The number of thiazole rings is 1. The van der Waals surface area contributed by atoms with E-state index in [0.29, 0.717) is 18.0 Å². The maximum absolute atomic E-state index is 13.0. The Kier molecular flexibility index (Phi) is 5.56. The SMILES string of the molecule is Cc1csc(CN(C)C(=O)c2sc3ncnc(NC[C@@H]4CCCO4)c3c2C)n1. The van der Waals surface area contributed by atoms with E-state index in [2.05, 4.69) is 20.3 Å². The van der Waals surface area contributed by atoms with Gasteiger partial charge in [-0.3, -0.25) is 4.79 Å². The number of nitrogens with one attached hydrogen (secondary N) is 1. The number of thiophene rings is 1. The number of aromatic nitrogens is 3. The Morgan fingerprint density at radius 3 is 2.96 bits per heavy atom. The molecule has 0 aliphatic carbocycles. The molecule has 1 amide bonds. The van der Waals surface area contributed by atoms with E-state index in [1.165, 1.54) is 11.3 Å². The molecule has 4 rings (SSSR count). The van der Waals surface area contributed by atoms with Crippen molar-refractivity contribution in [3.63, 3.8) is 0 Å². The Bertz CT molecular complexity index is 994. The molecule has 1 atom stereocenters. The molecule has 7 nitrogen and oxygen atoms in total. The van der Waals surface area contributed by atoms with Crippen LogP contribution in [0.3, 0.4) is 0 Å². The third-order valence-electron chi connectivity index (χ3n) is 4.83. The molecule has 4 heterocycles. The number of rotatable bonds is 6. The van der Waals surface area contributed by atoms with Crippen LogP contribution in [0.2, 0.25) is 0 Å². The van der Waals surface area contributed by atoms with E-state index in [-0.39, 0.29) is 12.0 Å². The fourth-order valence-electron chi connectivity index (χ4n) is 3.35. The number of aryl methyl sites for hydroxylation is 2. The topological polar surface area (TPSA) is 80.2 Å². The molecule has 0 saturated carbocycles. The fraction of sp³-hybridized carbons (Fsp3) is 0.474. The lowest BCUT2D eigenvalue weighted by Gasteiger charge is -2.15. The van der Waals surface area contributed by atoms with Gasteiger partial charge < -0.3 is 15.0 Å². The second kappa shape index (κ2) is 8.10. The molecule has 1 aliphatic heterocycles. The summed E-state index contributed by atoms with van der Waals surface area (Å²) in [7, 11) is 1.81. The Labute approximate surface area is 171 Å². The summed E-state index contributed by atoms with van der Waals surface area (Å²) in [6.07, 6.45) is 3.94. The summed E-state index contributed by atoms with van der Waals surface area (Å²) in [4.78, 5) is 29.5. The summed E-state index contributed by atoms with van der Waals surface area (Å²) in [6.45, 7) is 5.97. The van der Waals surface area contributed by atoms with Gasteiger partial charge in [0, 0.05) is 31.3 Å². The Morgan fingerprint density at radius 1 is 1.39 bits per heavy atom. The second-order valence-electron chi connectivity index (χ2n) is 7.02. The fourth-order valence-corrected chi connectivity index (χ4v) is 5.32. The van der Waals surface area contributed by atoms with Gasteiger partial charge in [-0.05, 0) is 32.3 Å². The highest BCUT2D eigenvalue weighted by Crippen LogP contribution is 2.34. The largest absolute Gasteiger partial charge is 0.376 e. The van der Waals surface area contributed by atoms with Gasteiger partial charge >= 0.3 is 0 Å². The highest BCUT2D eigenvalue weighted by Gasteiger charge is 2.23. The van der Waals surface area contributed by atoms with Crippen LogP contribution in [0.4, 0.5) is 5.82 Å². The third-order valence-corrected chi connectivity index (χ3v) is 6.97. The van der Waals surface area contributed by atoms with Crippen molar-refractivity contribution in [1.29, 1.82) is 0 Å². The first kappa shape index (κ1) is 19.2. The number of hydrogen-bond donors (Lipinski definition) is 1. The molecule has 1 fully saturated rings. The zero-order chi connectivity index (χ0) is 19.7. The van der Waals surface area contributed by atoms with E-state index in [1.54, 1.807) is 22.6 Å². The first-order valence-corrected chi connectivity index (χ1v) is 11.0. The van der Waals surface area contributed by atoms with Crippen molar-refractivity contribution in [2.24, 2.45) is 0 Å². The molecule has 3 aromatic rings. The maximum Gasteiger partial charge on any atom is 0.264 e. The van der Waals surface area contributed by atoms with Crippen LogP contribution in [-0.2, 0) is 11.3 Å². The number of ether oxygens (including phenoxy) is 1. The molecular weight excluding hydrogens is 394 g/mol. The number of nitrogens with zero attached hydrogens (tertiary/aromatic N) is 4. The van der Waals surface area contributed by atoms with Crippen LogP contribution < -0.4 is 5.32 Å². The number of amides is 1. The molecule has 1 N–H and O–H groups in total. The van der Waals surface area contributed by atoms with Gasteiger partial charge in [0.2, 0.25) is 0 Å². The van der Waals surface area contributed by atoms with Crippen molar-refractivity contribution in [2.45, 2.75) is 39.3 Å². The molecule has 0 unspecified atom stereocenters. The molecule has 3 aromatic heterocycles. The lowest BCUT2D eigenvalue weighted by atomic mass is 10.2. The van der Waals surface area contributed by atoms with Gasteiger partial charge in [0.05, 0.1) is 22.9 Å². The van der Waals surface area contributed by atoms with Gasteiger partial charge in [0.15, 0.2) is 0 Å². The standard InChI is InChI=1S/C19H23N5O2S2/c1-11-9-27-14(23-11)8-24(3)19(25)16-12(2)15-17(21-10-22-18(15)28-16)20-7-13-5-4-6-26-13/h9-10,13H,4-8H2,1-3H3,(H,20,21,22)/t13-/m0/s1. The van der Waals surface area contributed by atoms with Gasteiger partial charge in [-0.1, -0.05) is 0 Å². The number of fused-ring (bicyclic) bond motifs is 1. The van der Waals surface area contributed by atoms with E-state index in [1.807, 2.05) is 26.3 Å². The number of carbonyl (C=O) groups excluding carboxylic acids is 1. The average molecular weight is 418 g/mol. The quantitative estimate of drug-likeness (QED) is 0.660. The number of anilines is 1. The zero-order valence-electron chi connectivity index (χ0n) is 16.2. The van der Waals surface area contributed by atoms with Gasteiger partial charge in [-0.2, -0.15) is 0 Å². The highest BCUT2D eigenvalue weighted by atomic mass is 32.1. The Hall–Kier alpha value is -2.10. The number of hydrogen-bond acceptors (Lipinski definition) is 8. The minimum absolute atomic E-state index is 0.0153. The summed E-state index contributed by atoms with van der Waals surface area (Å²) < 4.78 is 5.68. The van der Waals surface area contributed by atoms with Crippen LogP contribution >= 0.6 is 22.7 Å². The van der Waals surface area contributed by atoms with E-state index >= 15 is 0 Å². The van der Waals surface area contributed by atoms with E-state index in [4.69, 9.17) is 4.74 Å². The van der Waals surface area contributed by atoms with E-state index in [9.17, 15) is 4.79 Å². The summed E-state index contributed by atoms with van der Waals surface area (Å²) in [5.41, 5.74) is 1.90. The van der Waals surface area contributed by atoms with Crippen molar-refractivity contribution < 1.29 is 9.53 Å². The summed E-state index contributed by atoms with van der Waals surface area (Å²) in [5.74, 6) is 0.755. The van der Waals surface area contributed by atoms with Gasteiger partial charge in [-0.25, -0.2) is 15.0 Å². The molecule has 1 aliphatic rings. The first-order valence-electron chi connectivity index (χ1n) is 9.29. The van der Waals surface area contributed by atoms with Crippen LogP contribution in [-0.4, -0.2) is 52.1 Å². The van der Waals surface area contributed by atoms with Crippen molar-refractivity contribution in [2.75, 3.05) is 25.5 Å². The monoisotopic (exact) mass is 417 g/mol. The van der Waals surface area contributed by atoms with E-state index in [0.717, 1.165) is 51.7 Å². The normalized spacial score (nSPS) is 16.6. The van der Waals surface area contributed by atoms with Crippen LogP contribution in [0.15, 0.2) is 11.7 Å². The predicted octanol–water partition coefficient (Wildman–Crippen LogP) is 3.63. The number of carbonyl (C=O) groups is 1. The Balaban J connectivity index is 1.56.